The van der Waals surface area contributed by atoms with Crippen LogP contribution in [0, 0.1) is 0 Å². The molecule has 0 aliphatic heterocycles. The average Bonchev–Trinajstić information content (AvgIpc) is 3.47. The topological polar surface area (TPSA) is 13.1 Å². The Bertz CT molecular complexity index is 2430. The molecule has 7 aromatic carbocycles. The van der Waals surface area contributed by atoms with Crippen molar-refractivity contribution in [1.82, 2.24) is 0 Å². The van der Waals surface area contributed by atoms with E-state index < -0.39 is 6.04 Å². The predicted molar refractivity (Wildman–Crippen MR) is 165 cm³/mol. The maximum absolute atomic E-state index is 9.59. The van der Waals surface area contributed by atoms with Gasteiger partial charge in [-0.05, 0) is 61.4 Å². The van der Waals surface area contributed by atoms with Gasteiger partial charge in [0, 0.05) is 16.3 Å². The standard InChI is InChI=1S/C38H24O/c1-3-13-25(14-4-1)27-23-24-33(37-32-21-11-12-22-34(32)39-38(27)37)36-30-19-9-7-17-28(30)35(26-15-5-2-6-16-26)29-18-8-10-20-31(29)36/h1-24H/i11D,12D,21D,22D,23D,24D. The van der Waals surface area contributed by atoms with E-state index in [0.29, 0.717) is 22.1 Å². The van der Waals surface area contributed by atoms with E-state index >= 15 is 0 Å². The maximum Gasteiger partial charge on any atom is 0.143 e. The molecule has 0 bridgehead atoms. The van der Waals surface area contributed by atoms with E-state index in [4.69, 9.17) is 9.90 Å². The highest BCUT2D eigenvalue weighted by molar-refractivity contribution is 6.26. The van der Waals surface area contributed by atoms with Gasteiger partial charge in [-0.25, -0.2) is 0 Å². The second kappa shape index (κ2) is 8.72. The Morgan fingerprint density at radius 2 is 0.949 bits per heavy atom. The summed E-state index contributed by atoms with van der Waals surface area (Å²) in [5.41, 5.74) is 4.55. The molecule has 0 atom stereocenters. The molecular weight excluding hydrogens is 472 g/mol. The Labute approximate surface area is 235 Å². The molecule has 0 radical (unpaired) electrons. The van der Waals surface area contributed by atoms with Crippen LogP contribution in [-0.2, 0) is 0 Å². The van der Waals surface area contributed by atoms with E-state index in [0.717, 1.165) is 38.2 Å². The van der Waals surface area contributed by atoms with E-state index in [-0.39, 0.29) is 46.8 Å². The minimum Gasteiger partial charge on any atom is -0.455 e. The fourth-order valence-corrected chi connectivity index (χ4v) is 5.79. The second-order valence-corrected chi connectivity index (χ2v) is 9.58. The van der Waals surface area contributed by atoms with Crippen LogP contribution in [0.15, 0.2) is 150 Å². The fourth-order valence-electron chi connectivity index (χ4n) is 5.79. The minimum atomic E-state index is -0.394. The number of rotatable bonds is 3. The third kappa shape index (κ3) is 3.34. The lowest BCUT2D eigenvalue weighted by atomic mass is 9.84. The zero-order chi connectivity index (χ0) is 31.0. The van der Waals surface area contributed by atoms with Crippen molar-refractivity contribution in [1.29, 1.82) is 0 Å². The predicted octanol–water partition coefficient (Wildman–Crippen LogP) is 10.9. The van der Waals surface area contributed by atoms with Gasteiger partial charge in [-0.15, -0.1) is 0 Å². The van der Waals surface area contributed by atoms with Gasteiger partial charge in [0.2, 0.25) is 0 Å². The third-order valence-electron chi connectivity index (χ3n) is 7.43. The SMILES string of the molecule is [2H]c1c([2H])c([2H])c2c(oc3c(-c4ccccc4)c([2H])c([2H])c(-c4c5ccccc5c(-c5ccccc5)c5ccccc45)c32)c1[2H]. The fraction of sp³-hybridized carbons (Fsp3) is 0. The van der Waals surface area contributed by atoms with Gasteiger partial charge >= 0.3 is 0 Å². The van der Waals surface area contributed by atoms with Crippen LogP contribution in [0.1, 0.15) is 8.22 Å². The molecule has 0 fully saturated rings. The number of benzene rings is 7. The molecule has 0 unspecified atom stereocenters. The van der Waals surface area contributed by atoms with Gasteiger partial charge in [-0.2, -0.15) is 0 Å². The number of fused-ring (bicyclic) bond motifs is 5. The van der Waals surface area contributed by atoms with Gasteiger partial charge in [-0.3, -0.25) is 0 Å². The van der Waals surface area contributed by atoms with Crippen LogP contribution in [0.2, 0.25) is 0 Å². The number of furan rings is 1. The van der Waals surface area contributed by atoms with Crippen molar-refractivity contribution in [2.75, 3.05) is 0 Å². The molecule has 8 rings (SSSR count). The van der Waals surface area contributed by atoms with Gasteiger partial charge < -0.3 is 4.42 Å². The first-order valence-electron chi connectivity index (χ1n) is 15.9. The van der Waals surface area contributed by atoms with E-state index in [2.05, 4.69) is 24.3 Å². The number of para-hydroxylation sites is 1. The minimum absolute atomic E-state index is 0.00829. The first-order valence-corrected chi connectivity index (χ1v) is 12.9. The molecule has 0 saturated heterocycles. The molecule has 0 aliphatic rings. The smallest absolute Gasteiger partial charge is 0.143 e. The maximum atomic E-state index is 9.59. The van der Waals surface area contributed by atoms with E-state index in [1.54, 1.807) is 0 Å². The lowest BCUT2D eigenvalue weighted by Gasteiger charge is -2.18. The summed E-state index contributed by atoms with van der Waals surface area (Å²) in [6, 6.07) is 34.1. The molecule has 8 aromatic rings. The molecule has 182 valence electrons. The normalized spacial score (nSPS) is 13.7. The Hall–Kier alpha value is -5.14. The average molecular weight is 503 g/mol. The molecular formula is C38H24O. The summed E-state index contributed by atoms with van der Waals surface area (Å²) in [7, 11) is 0. The quantitative estimate of drug-likeness (QED) is 0.219. The summed E-state index contributed by atoms with van der Waals surface area (Å²) >= 11 is 0. The number of hydrogen-bond acceptors (Lipinski definition) is 1. The van der Waals surface area contributed by atoms with Crippen LogP contribution < -0.4 is 0 Å². The van der Waals surface area contributed by atoms with Gasteiger partial charge in [0.25, 0.3) is 0 Å². The Kier molecular flexibility index (Phi) is 3.72. The summed E-state index contributed by atoms with van der Waals surface area (Å²) in [4.78, 5) is 0. The van der Waals surface area contributed by atoms with Crippen LogP contribution in [0.3, 0.4) is 0 Å². The molecule has 0 spiro atoms. The van der Waals surface area contributed by atoms with Gasteiger partial charge in [-0.1, -0.05) is 133 Å². The lowest BCUT2D eigenvalue weighted by molar-refractivity contribution is 0.670. The molecule has 1 nitrogen and oxygen atoms in total. The van der Waals surface area contributed by atoms with Gasteiger partial charge in [0.05, 0.1) is 8.22 Å². The van der Waals surface area contributed by atoms with Crippen LogP contribution in [0.4, 0.5) is 0 Å². The zero-order valence-corrected chi connectivity index (χ0v) is 20.8. The monoisotopic (exact) mass is 502 g/mol. The van der Waals surface area contributed by atoms with Crippen LogP contribution >= 0.6 is 0 Å². The molecule has 0 aliphatic carbocycles. The van der Waals surface area contributed by atoms with Gasteiger partial charge in [0.15, 0.2) is 0 Å². The van der Waals surface area contributed by atoms with Crippen molar-refractivity contribution in [2.24, 2.45) is 0 Å². The molecule has 0 N–H and O–H groups in total. The lowest BCUT2D eigenvalue weighted by Crippen LogP contribution is -1.91. The largest absolute Gasteiger partial charge is 0.455 e. The van der Waals surface area contributed by atoms with Crippen LogP contribution in [0.5, 0.6) is 0 Å². The molecule has 1 aromatic heterocycles. The summed E-state index contributed by atoms with van der Waals surface area (Å²) in [5.74, 6) is 0. The summed E-state index contributed by atoms with van der Waals surface area (Å²) in [5, 5.41) is 4.28. The summed E-state index contributed by atoms with van der Waals surface area (Å²) in [6.07, 6.45) is 0. The summed E-state index contributed by atoms with van der Waals surface area (Å²) < 4.78 is 59.9. The van der Waals surface area contributed by atoms with Crippen LogP contribution in [-0.4, -0.2) is 0 Å². The van der Waals surface area contributed by atoms with Crippen molar-refractivity contribution in [3.05, 3.63) is 145 Å². The molecule has 0 saturated carbocycles. The third-order valence-corrected chi connectivity index (χ3v) is 7.43. The molecule has 0 amide bonds. The first-order chi connectivity index (χ1) is 21.9. The van der Waals surface area contributed by atoms with E-state index in [9.17, 15) is 2.74 Å². The second-order valence-electron chi connectivity index (χ2n) is 9.58. The van der Waals surface area contributed by atoms with Crippen molar-refractivity contribution >= 4 is 43.5 Å². The molecule has 1 heterocycles. The van der Waals surface area contributed by atoms with E-state index in [1.807, 2.05) is 84.9 Å². The number of hydrogen-bond donors (Lipinski definition) is 0. The van der Waals surface area contributed by atoms with Crippen LogP contribution in [0.25, 0.3) is 76.9 Å². The first kappa shape index (κ1) is 16.7. The molecule has 1 heteroatoms. The molecule has 39 heavy (non-hydrogen) atoms. The highest BCUT2D eigenvalue weighted by Gasteiger charge is 2.21. The van der Waals surface area contributed by atoms with Crippen molar-refractivity contribution in [3.8, 4) is 33.4 Å². The van der Waals surface area contributed by atoms with E-state index in [1.165, 1.54) is 0 Å². The summed E-state index contributed by atoms with van der Waals surface area (Å²) in [6.45, 7) is 0. The van der Waals surface area contributed by atoms with Crippen molar-refractivity contribution < 1.29 is 12.6 Å². The Morgan fingerprint density at radius 1 is 0.436 bits per heavy atom. The highest BCUT2D eigenvalue weighted by atomic mass is 16.3. The van der Waals surface area contributed by atoms with Crippen molar-refractivity contribution in [3.63, 3.8) is 0 Å². The van der Waals surface area contributed by atoms with Crippen molar-refractivity contribution in [2.45, 2.75) is 0 Å². The highest BCUT2D eigenvalue weighted by Crippen LogP contribution is 2.48. The zero-order valence-electron chi connectivity index (χ0n) is 26.8. The Balaban J connectivity index is 1.66. The van der Waals surface area contributed by atoms with Gasteiger partial charge in [0.1, 0.15) is 11.2 Å². The Morgan fingerprint density at radius 3 is 1.59 bits per heavy atom.